The van der Waals surface area contributed by atoms with Crippen LogP contribution in [-0.2, 0) is 0 Å². The number of anilines is 1. The summed E-state index contributed by atoms with van der Waals surface area (Å²) in [6.45, 7) is 0. The summed E-state index contributed by atoms with van der Waals surface area (Å²) in [6, 6.07) is 2.29. The fourth-order valence-electron chi connectivity index (χ4n) is 3.76. The number of phenols is 1. The number of ether oxygens (including phenoxy) is 2. The largest absolute Gasteiger partial charge is 0.503 e. The van der Waals surface area contributed by atoms with Gasteiger partial charge < -0.3 is 25.4 Å². The van der Waals surface area contributed by atoms with Crippen molar-refractivity contribution in [2.24, 2.45) is 0 Å². The first kappa shape index (κ1) is 30.0. The smallest absolute Gasteiger partial charge is 0.365 e. The number of hydrogen-bond acceptors (Lipinski definition) is 5. The van der Waals surface area contributed by atoms with Gasteiger partial charge in [-0.25, -0.2) is 35.5 Å². The van der Waals surface area contributed by atoms with Gasteiger partial charge >= 0.3 is 11.8 Å². The van der Waals surface area contributed by atoms with E-state index < -0.39 is 116 Å². The van der Waals surface area contributed by atoms with Gasteiger partial charge in [0.2, 0.25) is 29.0 Å². The summed E-state index contributed by atoms with van der Waals surface area (Å²) in [5.74, 6) is -42.5. The molecule has 3 aromatic carbocycles. The van der Waals surface area contributed by atoms with Crippen molar-refractivity contribution < 1.29 is 72.8 Å². The fraction of sp³-hybridized carbons (Fsp3) is 0.0800. The first-order valence-corrected chi connectivity index (χ1v) is 10.9. The topological polar surface area (TPSA) is 102 Å². The first-order valence-electron chi connectivity index (χ1n) is 10.9. The lowest BCUT2D eigenvalue weighted by atomic mass is 9.88. The number of hydrogen-bond donors (Lipinski definition) is 3. The van der Waals surface area contributed by atoms with Gasteiger partial charge in [0.25, 0.3) is 0 Å². The number of benzene rings is 3. The van der Waals surface area contributed by atoms with Crippen LogP contribution >= 0.6 is 0 Å². The van der Waals surface area contributed by atoms with Crippen LogP contribution in [0.15, 0.2) is 53.6 Å². The van der Waals surface area contributed by atoms with Crippen molar-refractivity contribution in [3.63, 3.8) is 0 Å². The predicted molar refractivity (Wildman–Crippen MR) is 117 cm³/mol. The van der Waals surface area contributed by atoms with E-state index in [9.17, 15) is 40.6 Å². The average Bonchev–Trinajstić information content (AvgIpc) is 2.96. The van der Waals surface area contributed by atoms with Crippen LogP contribution in [0.1, 0.15) is 21.8 Å². The molecule has 0 atom stereocenters. The van der Waals surface area contributed by atoms with Gasteiger partial charge in [-0.15, -0.1) is 0 Å². The highest BCUT2D eigenvalue weighted by atomic mass is 19.2. The summed E-state index contributed by atoms with van der Waals surface area (Å²) >= 11 is 0. The molecular formula is C25H10F11NO5. The van der Waals surface area contributed by atoms with Gasteiger partial charge in [-0.05, 0) is 30.3 Å². The van der Waals surface area contributed by atoms with Crippen LogP contribution in [0.2, 0.25) is 0 Å². The zero-order chi connectivity index (χ0) is 31.4. The van der Waals surface area contributed by atoms with Crippen molar-refractivity contribution in [1.82, 2.24) is 0 Å². The highest BCUT2D eigenvalue weighted by molar-refractivity contribution is 5.87. The van der Waals surface area contributed by atoms with E-state index in [1.807, 2.05) is 0 Å². The molecule has 1 aliphatic rings. The fourth-order valence-corrected chi connectivity index (χ4v) is 3.76. The van der Waals surface area contributed by atoms with E-state index in [-0.39, 0.29) is 6.07 Å². The molecule has 0 fully saturated rings. The molecule has 0 saturated heterocycles. The highest BCUT2D eigenvalue weighted by Crippen LogP contribution is 2.52. The number of allylic oxidation sites excluding steroid dienone is 2. The molecule has 222 valence electrons. The summed E-state index contributed by atoms with van der Waals surface area (Å²) in [7, 11) is 0. The Morgan fingerprint density at radius 1 is 0.738 bits per heavy atom. The van der Waals surface area contributed by atoms with Crippen LogP contribution in [0.5, 0.6) is 17.2 Å². The molecule has 0 saturated carbocycles. The molecule has 0 aromatic heterocycles. The highest BCUT2D eigenvalue weighted by Gasteiger charge is 2.58. The van der Waals surface area contributed by atoms with Crippen molar-refractivity contribution in [2.75, 3.05) is 5.73 Å². The summed E-state index contributed by atoms with van der Waals surface area (Å²) in [5, 5.41) is 18.6. The van der Waals surface area contributed by atoms with Crippen molar-refractivity contribution in [3.8, 4) is 17.2 Å². The normalized spacial score (nSPS) is 18.9. The molecule has 0 bridgehead atoms. The quantitative estimate of drug-likeness (QED) is 0.0699. The second kappa shape index (κ2) is 10.5. The molecule has 6 nitrogen and oxygen atoms in total. The molecule has 0 heterocycles. The number of halogens is 11. The maximum Gasteiger partial charge on any atom is 0.365 e. The van der Waals surface area contributed by atoms with Gasteiger partial charge in [0.15, 0.2) is 46.5 Å². The van der Waals surface area contributed by atoms with Gasteiger partial charge in [0.1, 0.15) is 11.4 Å². The van der Waals surface area contributed by atoms with Gasteiger partial charge in [0, 0.05) is 5.56 Å². The molecule has 42 heavy (non-hydrogen) atoms. The molecule has 3 aromatic rings. The average molecular weight is 613 g/mol. The second-order valence-electron chi connectivity index (χ2n) is 8.33. The molecule has 0 aliphatic heterocycles. The third-order valence-electron chi connectivity index (χ3n) is 5.85. The second-order valence-corrected chi connectivity index (χ2v) is 8.33. The number of nitrogen functional groups attached to an aromatic ring is 1. The summed E-state index contributed by atoms with van der Waals surface area (Å²) in [6.07, 6.45) is 0. The van der Waals surface area contributed by atoms with Crippen LogP contribution in [0.3, 0.4) is 0 Å². The van der Waals surface area contributed by atoms with E-state index in [1.165, 1.54) is 0 Å². The summed E-state index contributed by atoms with van der Waals surface area (Å²) < 4.78 is 170. The molecule has 1 aliphatic carbocycles. The lowest BCUT2D eigenvalue weighted by Gasteiger charge is -2.36. The summed E-state index contributed by atoms with van der Waals surface area (Å²) in [5.41, 5.74) is 1.08. The summed E-state index contributed by atoms with van der Waals surface area (Å²) in [4.78, 5) is 11.1. The third-order valence-corrected chi connectivity index (χ3v) is 5.85. The molecular weight excluding hydrogens is 603 g/mol. The number of carbonyl (C=O) groups is 1. The monoisotopic (exact) mass is 613 g/mol. The van der Waals surface area contributed by atoms with Gasteiger partial charge in [-0.3, -0.25) is 0 Å². The maximum atomic E-state index is 15.7. The zero-order valence-corrected chi connectivity index (χ0v) is 19.8. The Balaban J connectivity index is 2.00. The van der Waals surface area contributed by atoms with Gasteiger partial charge in [-0.2, -0.15) is 17.6 Å². The SMILES string of the molecule is Nc1c(O)c(F)c(OC2(Oc3ccc(C(=O)O)cc3)C(F)=C(F)C(c3cc(F)c(F)c(F)c3F)C(F)=C2F)c(F)c1F. The number of aromatic hydroxyl groups is 1. The zero-order valence-electron chi connectivity index (χ0n) is 19.8. The van der Waals surface area contributed by atoms with E-state index in [0.717, 1.165) is 0 Å². The van der Waals surface area contributed by atoms with E-state index in [2.05, 4.69) is 4.74 Å². The minimum absolute atomic E-state index is 0.343. The number of rotatable bonds is 6. The van der Waals surface area contributed by atoms with Crippen molar-refractivity contribution in [2.45, 2.75) is 11.7 Å². The minimum Gasteiger partial charge on any atom is -0.503 e. The Hall–Kier alpha value is -4.96. The van der Waals surface area contributed by atoms with Crippen molar-refractivity contribution >= 4 is 11.7 Å². The Labute approximate surface area is 225 Å². The van der Waals surface area contributed by atoms with Gasteiger partial charge in [-0.1, -0.05) is 0 Å². The van der Waals surface area contributed by atoms with Crippen LogP contribution in [0.4, 0.5) is 54.0 Å². The Bertz CT molecular complexity index is 1650. The Morgan fingerprint density at radius 2 is 1.29 bits per heavy atom. The van der Waals surface area contributed by atoms with Crippen molar-refractivity contribution in [3.05, 3.63) is 105 Å². The van der Waals surface area contributed by atoms with Crippen LogP contribution in [0, 0.1) is 40.7 Å². The van der Waals surface area contributed by atoms with Crippen molar-refractivity contribution in [1.29, 1.82) is 0 Å². The van der Waals surface area contributed by atoms with Crippen LogP contribution in [0.25, 0.3) is 0 Å². The van der Waals surface area contributed by atoms with Crippen LogP contribution in [-0.4, -0.2) is 22.0 Å². The number of aromatic carboxylic acids is 1. The number of nitrogens with two attached hydrogens (primary N) is 1. The van der Waals surface area contributed by atoms with Gasteiger partial charge in [0.05, 0.1) is 11.5 Å². The molecule has 0 amide bonds. The molecule has 0 radical (unpaired) electrons. The molecule has 4 N–H and O–H groups in total. The molecule has 17 heteroatoms. The van der Waals surface area contributed by atoms with E-state index in [1.54, 1.807) is 0 Å². The van der Waals surface area contributed by atoms with E-state index in [4.69, 9.17) is 15.6 Å². The standard InChI is InChI=1S/C25H10F11NO5/c26-9-5-8(11(27)15(31)12(9)28)10-13(29)22(35)25(23(36)14(10)30,41-7-3-1-6(2-4-7)24(39)40)42-21-17(33)16(32)19(37)20(38)18(21)34/h1-5,10,38H,37H2,(H,39,40). The molecule has 0 spiro atoms. The lowest BCUT2D eigenvalue weighted by molar-refractivity contribution is -0.0929. The third kappa shape index (κ3) is 4.50. The Morgan fingerprint density at radius 3 is 1.81 bits per heavy atom. The number of phenolic OH excluding ortho intramolecular Hbond substituents is 1. The molecule has 0 unspecified atom stereocenters. The molecule has 4 rings (SSSR count). The first-order chi connectivity index (χ1) is 19.5. The Kier molecular flexibility index (Phi) is 7.47. The maximum absolute atomic E-state index is 15.7. The lowest BCUT2D eigenvalue weighted by Crippen LogP contribution is -2.48. The predicted octanol–water partition coefficient (Wildman–Crippen LogP) is 6.90. The van der Waals surface area contributed by atoms with E-state index in [0.29, 0.717) is 24.3 Å². The van der Waals surface area contributed by atoms with Crippen LogP contribution < -0.4 is 15.2 Å². The van der Waals surface area contributed by atoms with E-state index >= 15 is 17.6 Å². The number of carboxylic acids is 1. The minimum atomic E-state index is -4.47. The number of carboxylic acid groups (broad SMARTS) is 1.